The van der Waals surface area contributed by atoms with Gasteiger partial charge in [0.1, 0.15) is 5.58 Å². The van der Waals surface area contributed by atoms with E-state index < -0.39 is 0 Å². The van der Waals surface area contributed by atoms with Crippen LogP contribution in [-0.4, -0.2) is 15.7 Å². The van der Waals surface area contributed by atoms with Crippen molar-refractivity contribution in [1.29, 1.82) is 0 Å². The molecule has 1 aliphatic rings. The van der Waals surface area contributed by atoms with Gasteiger partial charge in [-0.05, 0) is 43.9 Å². The van der Waals surface area contributed by atoms with Gasteiger partial charge in [0.05, 0.1) is 11.9 Å². The summed E-state index contributed by atoms with van der Waals surface area (Å²) in [5.41, 5.74) is 2.23. The van der Waals surface area contributed by atoms with E-state index in [0.29, 0.717) is 17.0 Å². The molecule has 0 unspecified atom stereocenters. The Bertz CT molecular complexity index is 893. The van der Waals surface area contributed by atoms with Crippen LogP contribution in [0.1, 0.15) is 29.0 Å². The SMILES string of the molecule is Cc1c(C(=O)Nc2cnn(CC3CC3)c2)oc2cc(Br)ccc12. The predicted molar refractivity (Wildman–Crippen MR) is 91.6 cm³/mol. The molecule has 3 aromatic rings. The topological polar surface area (TPSA) is 60.1 Å². The summed E-state index contributed by atoms with van der Waals surface area (Å²) in [7, 11) is 0. The third-order valence-electron chi connectivity index (χ3n) is 4.14. The van der Waals surface area contributed by atoms with Crippen molar-refractivity contribution in [3.8, 4) is 0 Å². The highest BCUT2D eigenvalue weighted by Crippen LogP contribution is 2.31. The van der Waals surface area contributed by atoms with E-state index in [4.69, 9.17) is 4.42 Å². The zero-order chi connectivity index (χ0) is 16.0. The number of rotatable bonds is 4. The summed E-state index contributed by atoms with van der Waals surface area (Å²) in [6.07, 6.45) is 6.09. The van der Waals surface area contributed by atoms with Gasteiger partial charge >= 0.3 is 0 Å². The van der Waals surface area contributed by atoms with Crippen LogP contribution in [0.25, 0.3) is 11.0 Å². The number of amides is 1. The maximum Gasteiger partial charge on any atom is 0.291 e. The Kier molecular flexibility index (Phi) is 3.49. The zero-order valence-corrected chi connectivity index (χ0v) is 14.3. The van der Waals surface area contributed by atoms with E-state index in [-0.39, 0.29) is 5.91 Å². The minimum atomic E-state index is -0.249. The minimum absolute atomic E-state index is 0.249. The Labute approximate surface area is 141 Å². The number of carbonyl (C=O) groups excluding carboxylic acids is 1. The minimum Gasteiger partial charge on any atom is -0.451 e. The number of fused-ring (bicyclic) bond motifs is 1. The van der Waals surface area contributed by atoms with Gasteiger partial charge in [0.25, 0.3) is 5.91 Å². The van der Waals surface area contributed by atoms with E-state index in [2.05, 4.69) is 26.3 Å². The lowest BCUT2D eigenvalue weighted by molar-refractivity contribution is 0.0998. The van der Waals surface area contributed by atoms with Crippen LogP contribution in [0.3, 0.4) is 0 Å². The van der Waals surface area contributed by atoms with E-state index in [0.717, 1.165) is 27.9 Å². The molecule has 1 saturated carbocycles. The number of carbonyl (C=O) groups is 1. The van der Waals surface area contributed by atoms with Gasteiger partial charge in [0, 0.05) is 28.2 Å². The van der Waals surface area contributed by atoms with Crippen molar-refractivity contribution in [3.05, 3.63) is 46.4 Å². The van der Waals surface area contributed by atoms with Crippen LogP contribution in [0.4, 0.5) is 5.69 Å². The third-order valence-corrected chi connectivity index (χ3v) is 4.63. The highest BCUT2D eigenvalue weighted by atomic mass is 79.9. The Morgan fingerprint density at radius 3 is 3.09 bits per heavy atom. The first-order valence-electron chi connectivity index (χ1n) is 7.62. The summed E-state index contributed by atoms with van der Waals surface area (Å²) in [5.74, 6) is 0.836. The van der Waals surface area contributed by atoms with Crippen LogP contribution in [0.2, 0.25) is 0 Å². The van der Waals surface area contributed by atoms with Crippen molar-refractivity contribution in [1.82, 2.24) is 9.78 Å². The number of hydrogen-bond donors (Lipinski definition) is 1. The molecule has 0 atom stereocenters. The molecule has 1 N–H and O–H groups in total. The number of hydrogen-bond acceptors (Lipinski definition) is 3. The number of halogens is 1. The maximum atomic E-state index is 12.5. The lowest BCUT2D eigenvalue weighted by Gasteiger charge is -2.00. The lowest BCUT2D eigenvalue weighted by atomic mass is 10.1. The summed E-state index contributed by atoms with van der Waals surface area (Å²) in [6, 6.07) is 5.75. The largest absolute Gasteiger partial charge is 0.451 e. The standard InChI is InChI=1S/C17H16BrN3O2/c1-10-14-5-4-12(18)6-15(14)23-16(10)17(22)20-13-7-19-21(9-13)8-11-2-3-11/h4-7,9,11H,2-3,8H2,1H3,(H,20,22). The first kappa shape index (κ1) is 14.5. The van der Waals surface area contributed by atoms with Crippen LogP contribution in [0.5, 0.6) is 0 Å². The summed E-state index contributed by atoms with van der Waals surface area (Å²) in [4.78, 5) is 12.5. The molecule has 0 saturated heterocycles. The van der Waals surface area contributed by atoms with E-state index in [1.807, 2.05) is 36.0 Å². The number of nitrogens with zero attached hydrogens (tertiary/aromatic N) is 2. The molecular formula is C17H16BrN3O2. The molecule has 1 fully saturated rings. The van der Waals surface area contributed by atoms with Crippen LogP contribution in [0.15, 0.2) is 39.5 Å². The van der Waals surface area contributed by atoms with Crippen molar-refractivity contribution in [2.75, 3.05) is 5.32 Å². The molecule has 6 heteroatoms. The molecule has 1 aromatic carbocycles. The fraction of sp³-hybridized carbons (Fsp3) is 0.294. The van der Waals surface area contributed by atoms with Crippen LogP contribution < -0.4 is 5.32 Å². The number of anilines is 1. The van der Waals surface area contributed by atoms with Crippen molar-refractivity contribution >= 4 is 38.5 Å². The molecule has 0 bridgehead atoms. The monoisotopic (exact) mass is 373 g/mol. The molecule has 0 spiro atoms. The molecule has 118 valence electrons. The molecule has 0 radical (unpaired) electrons. The quantitative estimate of drug-likeness (QED) is 0.738. The summed E-state index contributed by atoms with van der Waals surface area (Å²) >= 11 is 3.41. The van der Waals surface area contributed by atoms with Crippen LogP contribution in [-0.2, 0) is 6.54 Å². The van der Waals surface area contributed by atoms with Crippen molar-refractivity contribution < 1.29 is 9.21 Å². The molecular weight excluding hydrogens is 358 g/mol. The summed E-state index contributed by atoms with van der Waals surface area (Å²) < 4.78 is 8.53. The van der Waals surface area contributed by atoms with Gasteiger partial charge in [0.2, 0.25) is 0 Å². The van der Waals surface area contributed by atoms with Gasteiger partial charge in [-0.15, -0.1) is 0 Å². The summed E-state index contributed by atoms with van der Waals surface area (Å²) in [5, 5.41) is 8.09. The maximum absolute atomic E-state index is 12.5. The van der Waals surface area contributed by atoms with Crippen molar-refractivity contribution in [3.63, 3.8) is 0 Å². The van der Waals surface area contributed by atoms with E-state index in [1.165, 1.54) is 12.8 Å². The molecule has 1 aliphatic carbocycles. The average molecular weight is 374 g/mol. The number of furan rings is 1. The number of aryl methyl sites for hydroxylation is 1. The third kappa shape index (κ3) is 2.91. The van der Waals surface area contributed by atoms with Crippen LogP contribution >= 0.6 is 15.9 Å². The Hall–Kier alpha value is -2.08. The normalized spacial score (nSPS) is 14.3. The highest BCUT2D eigenvalue weighted by molar-refractivity contribution is 9.10. The Balaban J connectivity index is 1.56. The predicted octanol–water partition coefficient (Wildman–Crippen LogP) is 4.36. The molecule has 2 heterocycles. The Morgan fingerprint density at radius 2 is 2.30 bits per heavy atom. The Morgan fingerprint density at radius 1 is 1.48 bits per heavy atom. The van der Waals surface area contributed by atoms with E-state index in [1.54, 1.807) is 6.20 Å². The molecule has 5 nitrogen and oxygen atoms in total. The van der Waals surface area contributed by atoms with Gasteiger partial charge in [0.15, 0.2) is 5.76 Å². The number of benzene rings is 1. The molecule has 0 aliphatic heterocycles. The molecule has 2 aromatic heterocycles. The number of nitrogens with one attached hydrogen (secondary N) is 1. The van der Waals surface area contributed by atoms with Gasteiger partial charge in [-0.3, -0.25) is 9.48 Å². The van der Waals surface area contributed by atoms with Gasteiger partial charge in [-0.25, -0.2) is 0 Å². The molecule has 4 rings (SSSR count). The first-order chi connectivity index (χ1) is 11.1. The van der Waals surface area contributed by atoms with E-state index >= 15 is 0 Å². The lowest BCUT2D eigenvalue weighted by Crippen LogP contribution is -2.11. The van der Waals surface area contributed by atoms with Gasteiger partial charge in [-0.1, -0.05) is 15.9 Å². The smallest absolute Gasteiger partial charge is 0.291 e. The molecule has 1 amide bonds. The fourth-order valence-electron chi connectivity index (χ4n) is 2.70. The second kappa shape index (κ2) is 5.53. The van der Waals surface area contributed by atoms with E-state index in [9.17, 15) is 4.79 Å². The van der Waals surface area contributed by atoms with Crippen molar-refractivity contribution in [2.24, 2.45) is 5.92 Å². The highest BCUT2D eigenvalue weighted by Gasteiger charge is 2.22. The second-order valence-corrected chi connectivity index (χ2v) is 6.96. The van der Waals surface area contributed by atoms with Crippen molar-refractivity contribution in [2.45, 2.75) is 26.3 Å². The fourth-order valence-corrected chi connectivity index (χ4v) is 3.04. The summed E-state index contributed by atoms with van der Waals surface area (Å²) in [6.45, 7) is 2.82. The average Bonchev–Trinajstić information content (AvgIpc) is 3.12. The molecule has 23 heavy (non-hydrogen) atoms. The number of aromatic nitrogens is 2. The zero-order valence-electron chi connectivity index (χ0n) is 12.7. The van der Waals surface area contributed by atoms with Crippen LogP contribution in [0, 0.1) is 12.8 Å². The van der Waals surface area contributed by atoms with Gasteiger partial charge in [-0.2, -0.15) is 5.10 Å². The van der Waals surface area contributed by atoms with Gasteiger partial charge < -0.3 is 9.73 Å². The first-order valence-corrected chi connectivity index (χ1v) is 8.42. The second-order valence-electron chi connectivity index (χ2n) is 6.05.